The highest BCUT2D eigenvalue weighted by Crippen LogP contribution is 2.23. The number of rotatable bonds is 9. The van der Waals surface area contributed by atoms with Crippen molar-refractivity contribution >= 4 is 35.0 Å². The summed E-state index contributed by atoms with van der Waals surface area (Å²) in [6, 6.07) is 13.6. The van der Waals surface area contributed by atoms with Crippen LogP contribution in [-0.4, -0.2) is 41.5 Å². The first kappa shape index (κ1) is 23.2. The highest BCUT2D eigenvalue weighted by atomic mass is 35.5. The number of unbranched alkanes of at least 4 members (excludes halogenated alkanes) is 1. The number of aliphatic hydroxyl groups excluding tert-OH is 1. The standard InChI is InChI=1S/C24H26Cl2N2O3/c1-16-5-4-7-18(13-16)10-12-28-15-19(22(29)24(28)31)23(30)27-11-3-2-6-17-8-9-20(25)21(26)14-17/h4-5,7-9,13-14,29H,2-3,6,10-12,15H2,1H3,(H,27,30). The molecule has 0 saturated heterocycles. The molecule has 0 saturated carbocycles. The van der Waals surface area contributed by atoms with E-state index in [4.69, 9.17) is 23.2 Å². The molecule has 2 N–H and O–H groups in total. The molecule has 0 aliphatic carbocycles. The molecule has 164 valence electrons. The minimum absolute atomic E-state index is 0.131. The van der Waals surface area contributed by atoms with Gasteiger partial charge in [-0.1, -0.05) is 59.1 Å². The molecular weight excluding hydrogens is 435 g/mol. The van der Waals surface area contributed by atoms with Gasteiger partial charge in [0.05, 0.1) is 22.2 Å². The fourth-order valence-corrected chi connectivity index (χ4v) is 3.89. The molecule has 0 unspecified atom stereocenters. The van der Waals surface area contributed by atoms with Crippen molar-refractivity contribution in [1.29, 1.82) is 0 Å². The van der Waals surface area contributed by atoms with Crippen LogP contribution in [0, 0.1) is 6.92 Å². The average molecular weight is 461 g/mol. The van der Waals surface area contributed by atoms with E-state index in [-0.39, 0.29) is 12.1 Å². The minimum atomic E-state index is -0.488. The van der Waals surface area contributed by atoms with E-state index in [1.807, 2.05) is 37.3 Å². The molecule has 1 aliphatic rings. The Morgan fingerprint density at radius 1 is 1.06 bits per heavy atom. The van der Waals surface area contributed by atoms with Gasteiger partial charge in [0, 0.05) is 13.1 Å². The first-order valence-electron chi connectivity index (χ1n) is 10.3. The van der Waals surface area contributed by atoms with Crippen molar-refractivity contribution in [3.63, 3.8) is 0 Å². The number of aliphatic hydroxyl groups is 1. The molecular formula is C24H26Cl2N2O3. The van der Waals surface area contributed by atoms with E-state index < -0.39 is 17.6 Å². The zero-order chi connectivity index (χ0) is 22.4. The summed E-state index contributed by atoms with van der Waals surface area (Å²) in [5.74, 6) is -1.33. The van der Waals surface area contributed by atoms with Gasteiger partial charge in [0.25, 0.3) is 11.8 Å². The molecule has 0 atom stereocenters. The number of carbonyl (C=O) groups is 2. The number of benzene rings is 2. The topological polar surface area (TPSA) is 69.6 Å². The van der Waals surface area contributed by atoms with Crippen LogP contribution in [0.1, 0.15) is 29.5 Å². The lowest BCUT2D eigenvalue weighted by Gasteiger charge is -2.16. The highest BCUT2D eigenvalue weighted by molar-refractivity contribution is 6.42. The predicted octanol–water partition coefficient (Wildman–Crippen LogP) is 4.64. The largest absolute Gasteiger partial charge is 0.503 e. The van der Waals surface area contributed by atoms with E-state index in [0.717, 1.165) is 36.0 Å². The van der Waals surface area contributed by atoms with E-state index in [1.54, 1.807) is 6.07 Å². The lowest BCUT2D eigenvalue weighted by molar-refractivity contribution is -0.127. The molecule has 2 aromatic rings. The Bertz CT molecular complexity index is 1000. The molecule has 2 amide bonds. The predicted molar refractivity (Wildman–Crippen MR) is 124 cm³/mol. The van der Waals surface area contributed by atoms with Gasteiger partial charge >= 0.3 is 0 Å². The van der Waals surface area contributed by atoms with Crippen LogP contribution in [-0.2, 0) is 22.4 Å². The number of aryl methyl sites for hydroxylation is 2. The van der Waals surface area contributed by atoms with Crippen LogP contribution in [0.2, 0.25) is 10.0 Å². The maximum absolute atomic E-state index is 12.4. The van der Waals surface area contributed by atoms with Crippen molar-refractivity contribution in [2.45, 2.75) is 32.6 Å². The second-order valence-corrected chi connectivity index (χ2v) is 8.57. The smallest absolute Gasteiger partial charge is 0.289 e. The van der Waals surface area contributed by atoms with Gasteiger partial charge in [0.15, 0.2) is 5.76 Å². The molecule has 0 radical (unpaired) electrons. The van der Waals surface area contributed by atoms with Crippen LogP contribution >= 0.6 is 23.2 Å². The molecule has 7 heteroatoms. The molecule has 5 nitrogen and oxygen atoms in total. The van der Waals surface area contributed by atoms with Gasteiger partial charge in [0.2, 0.25) is 0 Å². The number of hydrogen-bond donors (Lipinski definition) is 2. The van der Waals surface area contributed by atoms with Crippen LogP contribution in [0.25, 0.3) is 0 Å². The van der Waals surface area contributed by atoms with E-state index in [9.17, 15) is 14.7 Å². The Morgan fingerprint density at radius 2 is 1.84 bits per heavy atom. The van der Waals surface area contributed by atoms with Gasteiger partial charge in [-0.2, -0.15) is 0 Å². The van der Waals surface area contributed by atoms with Gasteiger partial charge in [0.1, 0.15) is 0 Å². The number of nitrogens with one attached hydrogen (secondary N) is 1. The number of carbonyl (C=O) groups excluding carboxylic acids is 2. The highest BCUT2D eigenvalue weighted by Gasteiger charge is 2.33. The quantitative estimate of drug-likeness (QED) is 0.535. The molecule has 0 bridgehead atoms. The van der Waals surface area contributed by atoms with Crippen LogP contribution in [0.5, 0.6) is 0 Å². The summed E-state index contributed by atoms with van der Waals surface area (Å²) in [5, 5.41) is 14.0. The molecule has 0 fully saturated rings. The SMILES string of the molecule is Cc1cccc(CCN2CC(C(=O)NCCCCc3ccc(Cl)c(Cl)c3)=C(O)C2=O)c1. The molecule has 1 heterocycles. The van der Waals surface area contributed by atoms with Gasteiger partial charge in [-0.3, -0.25) is 9.59 Å². The van der Waals surface area contributed by atoms with Crippen molar-refractivity contribution in [2.24, 2.45) is 0 Å². The Morgan fingerprint density at radius 3 is 2.58 bits per heavy atom. The average Bonchev–Trinajstić information content (AvgIpc) is 3.03. The summed E-state index contributed by atoms with van der Waals surface area (Å²) in [6.07, 6.45) is 3.13. The van der Waals surface area contributed by atoms with Crippen molar-refractivity contribution in [3.05, 3.63) is 80.5 Å². The van der Waals surface area contributed by atoms with Crippen LogP contribution in [0.15, 0.2) is 53.8 Å². The number of amides is 2. The number of halogens is 2. The Balaban J connectivity index is 1.42. The summed E-state index contributed by atoms with van der Waals surface area (Å²) < 4.78 is 0. The first-order chi connectivity index (χ1) is 14.8. The maximum atomic E-state index is 12.4. The fraction of sp³-hybridized carbons (Fsp3) is 0.333. The number of nitrogens with zero attached hydrogens (tertiary/aromatic N) is 1. The molecule has 2 aromatic carbocycles. The van der Waals surface area contributed by atoms with Crippen molar-refractivity contribution in [1.82, 2.24) is 10.2 Å². The maximum Gasteiger partial charge on any atom is 0.289 e. The van der Waals surface area contributed by atoms with Gasteiger partial charge in [-0.25, -0.2) is 0 Å². The van der Waals surface area contributed by atoms with E-state index in [0.29, 0.717) is 29.6 Å². The molecule has 1 aliphatic heterocycles. The zero-order valence-corrected chi connectivity index (χ0v) is 19.0. The third kappa shape index (κ3) is 6.25. The Hall–Kier alpha value is -2.50. The Labute approximate surface area is 192 Å². The van der Waals surface area contributed by atoms with Gasteiger partial charge in [-0.05, 0) is 55.9 Å². The molecule has 3 rings (SSSR count). The van der Waals surface area contributed by atoms with Crippen LogP contribution < -0.4 is 5.32 Å². The second-order valence-electron chi connectivity index (χ2n) is 7.75. The first-order valence-corrected chi connectivity index (χ1v) is 11.1. The van der Waals surface area contributed by atoms with E-state index in [1.165, 1.54) is 4.90 Å². The van der Waals surface area contributed by atoms with Crippen LogP contribution in [0.3, 0.4) is 0 Å². The second kappa shape index (κ2) is 10.7. The third-order valence-electron chi connectivity index (χ3n) is 5.31. The van der Waals surface area contributed by atoms with Crippen LogP contribution in [0.4, 0.5) is 0 Å². The number of hydrogen-bond acceptors (Lipinski definition) is 3. The van der Waals surface area contributed by atoms with E-state index in [2.05, 4.69) is 11.4 Å². The lowest BCUT2D eigenvalue weighted by Crippen LogP contribution is -2.32. The zero-order valence-electron chi connectivity index (χ0n) is 17.5. The molecule has 31 heavy (non-hydrogen) atoms. The van der Waals surface area contributed by atoms with Gasteiger partial charge in [-0.15, -0.1) is 0 Å². The summed E-state index contributed by atoms with van der Waals surface area (Å²) in [7, 11) is 0. The molecule has 0 spiro atoms. The molecule has 0 aromatic heterocycles. The van der Waals surface area contributed by atoms with Crippen molar-refractivity contribution in [2.75, 3.05) is 19.6 Å². The third-order valence-corrected chi connectivity index (χ3v) is 6.05. The summed E-state index contributed by atoms with van der Waals surface area (Å²) >= 11 is 11.9. The monoisotopic (exact) mass is 460 g/mol. The van der Waals surface area contributed by atoms with E-state index >= 15 is 0 Å². The lowest BCUT2D eigenvalue weighted by atomic mass is 10.1. The Kier molecular flexibility index (Phi) is 7.99. The summed E-state index contributed by atoms with van der Waals surface area (Å²) in [4.78, 5) is 26.3. The fourth-order valence-electron chi connectivity index (χ4n) is 3.57. The van der Waals surface area contributed by atoms with Crippen molar-refractivity contribution in [3.8, 4) is 0 Å². The van der Waals surface area contributed by atoms with Gasteiger partial charge < -0.3 is 15.3 Å². The summed E-state index contributed by atoms with van der Waals surface area (Å²) in [5.41, 5.74) is 3.50. The normalized spacial score (nSPS) is 13.8. The van der Waals surface area contributed by atoms with Crippen molar-refractivity contribution < 1.29 is 14.7 Å². The summed E-state index contributed by atoms with van der Waals surface area (Å²) in [6.45, 7) is 3.07. The minimum Gasteiger partial charge on any atom is -0.503 e.